The first kappa shape index (κ1) is 15.7. The molecule has 0 N–H and O–H groups in total. The quantitative estimate of drug-likeness (QED) is 0.548. The molecule has 0 spiro atoms. The highest BCUT2D eigenvalue weighted by Gasteiger charge is 2.25. The summed E-state index contributed by atoms with van der Waals surface area (Å²) in [6, 6.07) is 13.4. The van der Waals surface area contributed by atoms with Crippen molar-refractivity contribution in [2.75, 3.05) is 31.1 Å². The van der Waals surface area contributed by atoms with Gasteiger partial charge in [0.1, 0.15) is 16.9 Å². The number of carbonyl (C=O) groups excluding carboxylic acids is 1. The Hall–Kier alpha value is -3.48. The second kappa shape index (κ2) is 6.35. The Morgan fingerprint density at radius 1 is 0.963 bits per heavy atom. The zero-order valence-electron chi connectivity index (χ0n) is 14.6. The predicted octanol–water partition coefficient (Wildman–Crippen LogP) is 2.73. The van der Waals surface area contributed by atoms with E-state index < -0.39 is 0 Å². The smallest absolute Gasteiger partial charge is 0.289 e. The van der Waals surface area contributed by atoms with Crippen LogP contribution in [0.2, 0.25) is 0 Å². The molecule has 0 radical (unpaired) electrons. The summed E-state index contributed by atoms with van der Waals surface area (Å²) in [4.78, 5) is 29.9. The number of hydrogen-bond acceptors (Lipinski definition) is 6. The lowest BCUT2D eigenvalue weighted by atomic mass is 10.2. The molecule has 5 rings (SSSR count). The number of rotatable bonds is 2. The third-order valence-electron chi connectivity index (χ3n) is 4.84. The normalized spacial score (nSPS) is 14.8. The Kier molecular flexibility index (Phi) is 3.71. The van der Waals surface area contributed by atoms with E-state index in [4.69, 9.17) is 4.42 Å². The maximum atomic E-state index is 12.8. The van der Waals surface area contributed by atoms with Gasteiger partial charge in [0.05, 0.1) is 0 Å². The Balaban J connectivity index is 1.30. The molecule has 1 fully saturated rings. The summed E-state index contributed by atoms with van der Waals surface area (Å²) in [5.74, 6) is 1.19. The molecule has 27 heavy (non-hydrogen) atoms. The molecule has 1 saturated heterocycles. The topological polar surface area (TPSA) is 75.4 Å². The number of amides is 1. The maximum absolute atomic E-state index is 12.8. The third kappa shape index (κ3) is 2.87. The van der Waals surface area contributed by atoms with Gasteiger partial charge in [0.25, 0.3) is 5.91 Å². The number of furan rings is 1. The highest BCUT2D eigenvalue weighted by atomic mass is 16.3. The van der Waals surface area contributed by atoms with Gasteiger partial charge < -0.3 is 14.2 Å². The lowest BCUT2D eigenvalue weighted by Crippen LogP contribution is -2.49. The van der Waals surface area contributed by atoms with Gasteiger partial charge in [0.2, 0.25) is 0 Å². The summed E-state index contributed by atoms with van der Waals surface area (Å²) in [5.41, 5.74) is 2.15. The van der Waals surface area contributed by atoms with Crippen molar-refractivity contribution in [3.8, 4) is 0 Å². The van der Waals surface area contributed by atoms with E-state index in [1.807, 2.05) is 47.4 Å². The fourth-order valence-electron chi connectivity index (χ4n) is 3.40. The van der Waals surface area contributed by atoms with E-state index in [9.17, 15) is 4.79 Å². The molecular weight excluding hydrogens is 342 g/mol. The highest BCUT2D eigenvalue weighted by Crippen LogP contribution is 2.22. The fraction of sp³-hybridized carbons (Fsp3) is 0.200. The molecule has 7 nitrogen and oxygen atoms in total. The van der Waals surface area contributed by atoms with Crippen molar-refractivity contribution in [2.45, 2.75) is 0 Å². The lowest BCUT2D eigenvalue weighted by Gasteiger charge is -2.35. The number of anilines is 1. The molecule has 3 aromatic heterocycles. The van der Waals surface area contributed by atoms with Crippen molar-refractivity contribution in [1.29, 1.82) is 0 Å². The van der Waals surface area contributed by atoms with Crippen molar-refractivity contribution in [3.05, 3.63) is 60.6 Å². The Bertz CT molecular complexity index is 1100. The molecule has 1 amide bonds. The largest absolute Gasteiger partial charge is 0.451 e. The van der Waals surface area contributed by atoms with Gasteiger partial charge in [-0.05, 0) is 24.3 Å². The Labute approximate surface area is 155 Å². The van der Waals surface area contributed by atoms with E-state index in [1.54, 1.807) is 12.4 Å². The molecule has 0 atom stereocenters. The van der Waals surface area contributed by atoms with E-state index >= 15 is 0 Å². The van der Waals surface area contributed by atoms with Crippen molar-refractivity contribution < 1.29 is 9.21 Å². The SMILES string of the molecule is O=C(c1cc2ccccc2o1)N1CCN(c2ccc3nccnc3n2)CC1. The number of piperazine rings is 1. The number of carbonyl (C=O) groups is 1. The average Bonchev–Trinajstić information content (AvgIpc) is 3.17. The van der Waals surface area contributed by atoms with Gasteiger partial charge in [-0.25, -0.2) is 9.97 Å². The van der Waals surface area contributed by atoms with Gasteiger partial charge in [0.15, 0.2) is 11.4 Å². The predicted molar refractivity (Wildman–Crippen MR) is 102 cm³/mol. The number of hydrogen-bond donors (Lipinski definition) is 0. The van der Waals surface area contributed by atoms with Crippen LogP contribution in [0.5, 0.6) is 0 Å². The van der Waals surface area contributed by atoms with Gasteiger partial charge in [-0.15, -0.1) is 0 Å². The van der Waals surface area contributed by atoms with Crippen LogP contribution in [0.15, 0.2) is 59.3 Å². The van der Waals surface area contributed by atoms with Crippen LogP contribution >= 0.6 is 0 Å². The van der Waals surface area contributed by atoms with Crippen molar-refractivity contribution in [2.24, 2.45) is 0 Å². The zero-order valence-corrected chi connectivity index (χ0v) is 14.6. The summed E-state index contributed by atoms with van der Waals surface area (Å²) in [6.45, 7) is 2.67. The molecule has 1 aliphatic heterocycles. The first-order chi connectivity index (χ1) is 13.3. The van der Waals surface area contributed by atoms with Crippen LogP contribution in [0.25, 0.3) is 22.1 Å². The number of para-hydroxylation sites is 1. The minimum absolute atomic E-state index is 0.0665. The van der Waals surface area contributed by atoms with E-state index in [0.29, 0.717) is 37.6 Å². The van der Waals surface area contributed by atoms with Gasteiger partial charge >= 0.3 is 0 Å². The fourth-order valence-corrected chi connectivity index (χ4v) is 3.40. The van der Waals surface area contributed by atoms with Crippen molar-refractivity contribution in [3.63, 3.8) is 0 Å². The minimum Gasteiger partial charge on any atom is -0.451 e. The summed E-state index contributed by atoms with van der Waals surface area (Å²) in [5, 5.41) is 0.945. The standard InChI is InChI=1S/C20H17N5O2/c26-20(17-13-14-3-1-2-4-16(14)27-17)25-11-9-24(10-12-25)18-6-5-15-19(23-18)22-8-7-21-15/h1-8,13H,9-12H2. The highest BCUT2D eigenvalue weighted by molar-refractivity contribution is 5.96. The molecule has 1 aromatic carbocycles. The second-order valence-corrected chi connectivity index (χ2v) is 6.50. The zero-order chi connectivity index (χ0) is 18.2. The van der Waals surface area contributed by atoms with Crippen LogP contribution in [0, 0.1) is 0 Å². The second-order valence-electron chi connectivity index (χ2n) is 6.50. The van der Waals surface area contributed by atoms with Gasteiger partial charge in [-0.2, -0.15) is 0 Å². The Morgan fingerprint density at radius 2 is 1.78 bits per heavy atom. The molecule has 1 aliphatic rings. The summed E-state index contributed by atoms with van der Waals surface area (Å²) in [6.07, 6.45) is 3.30. The van der Waals surface area contributed by atoms with Crippen LogP contribution in [0.4, 0.5) is 5.82 Å². The number of nitrogens with zero attached hydrogens (tertiary/aromatic N) is 5. The molecule has 4 aromatic rings. The number of fused-ring (bicyclic) bond motifs is 2. The van der Waals surface area contributed by atoms with E-state index in [-0.39, 0.29) is 5.91 Å². The van der Waals surface area contributed by atoms with Crippen molar-refractivity contribution in [1.82, 2.24) is 19.9 Å². The van der Waals surface area contributed by atoms with Crippen LogP contribution in [-0.4, -0.2) is 51.9 Å². The van der Waals surface area contributed by atoms with Crippen LogP contribution < -0.4 is 4.90 Å². The monoisotopic (exact) mass is 359 g/mol. The third-order valence-corrected chi connectivity index (χ3v) is 4.84. The van der Waals surface area contributed by atoms with E-state index in [1.165, 1.54) is 0 Å². The van der Waals surface area contributed by atoms with Gasteiger partial charge in [-0.3, -0.25) is 9.78 Å². The van der Waals surface area contributed by atoms with Crippen LogP contribution in [0.1, 0.15) is 10.6 Å². The summed E-state index contributed by atoms with van der Waals surface area (Å²) >= 11 is 0. The van der Waals surface area contributed by atoms with Gasteiger partial charge in [-0.1, -0.05) is 18.2 Å². The molecule has 4 heterocycles. The minimum atomic E-state index is -0.0665. The number of pyridine rings is 1. The number of benzene rings is 1. The molecule has 0 bridgehead atoms. The molecule has 0 unspecified atom stereocenters. The molecule has 0 aliphatic carbocycles. The first-order valence-corrected chi connectivity index (χ1v) is 8.88. The molecule has 7 heteroatoms. The first-order valence-electron chi connectivity index (χ1n) is 8.88. The van der Waals surface area contributed by atoms with E-state index in [2.05, 4.69) is 19.9 Å². The molecular formula is C20H17N5O2. The Morgan fingerprint density at radius 3 is 2.63 bits per heavy atom. The molecule has 134 valence electrons. The number of aromatic nitrogens is 3. The van der Waals surface area contributed by atoms with Crippen LogP contribution in [-0.2, 0) is 0 Å². The van der Waals surface area contributed by atoms with Crippen molar-refractivity contribution >= 4 is 33.9 Å². The average molecular weight is 359 g/mol. The van der Waals surface area contributed by atoms with Crippen LogP contribution in [0.3, 0.4) is 0 Å². The van der Waals surface area contributed by atoms with Gasteiger partial charge in [0, 0.05) is 44.0 Å². The maximum Gasteiger partial charge on any atom is 0.289 e. The summed E-state index contributed by atoms with van der Waals surface area (Å²) < 4.78 is 5.71. The molecule has 0 saturated carbocycles. The lowest BCUT2D eigenvalue weighted by molar-refractivity contribution is 0.0717. The van der Waals surface area contributed by atoms with E-state index in [0.717, 1.165) is 22.3 Å². The summed E-state index contributed by atoms with van der Waals surface area (Å²) in [7, 11) is 0.